The number of halogens is 3. The SMILES string of the molecule is Cc1ccc(C(=O)Nc2cncc(C(F)(F)F)c2)cc1[C@@H]1CCN(c2cncc(C(N)=O)c2)C1. The van der Waals surface area contributed by atoms with Crippen LogP contribution in [0.4, 0.5) is 24.5 Å². The van der Waals surface area contributed by atoms with Gasteiger partial charge in [0.05, 0.1) is 34.9 Å². The van der Waals surface area contributed by atoms with Crippen LogP contribution in [0.5, 0.6) is 0 Å². The molecule has 4 rings (SSSR count). The maximum Gasteiger partial charge on any atom is 0.417 e. The number of amides is 2. The standard InChI is InChI=1S/C24H22F3N5O2/c1-14-2-3-15(23(34)31-19-8-18(10-30-11-19)24(25,26)27)7-21(14)16-4-5-32(13-16)20-6-17(22(28)33)9-29-12-20/h2-3,6-12,16H,4-5,13H2,1H3,(H2,28,33)(H,31,34)/t16-/m1/s1. The molecule has 0 unspecified atom stereocenters. The van der Waals surface area contributed by atoms with Gasteiger partial charge in [-0.1, -0.05) is 6.07 Å². The number of hydrogen-bond acceptors (Lipinski definition) is 5. The smallest absolute Gasteiger partial charge is 0.370 e. The number of anilines is 2. The quantitative estimate of drug-likeness (QED) is 0.585. The fourth-order valence-corrected chi connectivity index (χ4v) is 4.07. The Bertz CT molecular complexity index is 1250. The van der Waals surface area contributed by atoms with E-state index in [-0.39, 0.29) is 11.6 Å². The third kappa shape index (κ3) is 5.00. The minimum Gasteiger partial charge on any atom is -0.370 e. The largest absolute Gasteiger partial charge is 0.417 e. The van der Waals surface area contributed by atoms with Crippen molar-refractivity contribution in [2.45, 2.75) is 25.4 Å². The van der Waals surface area contributed by atoms with Gasteiger partial charge in [0.1, 0.15) is 0 Å². The predicted molar refractivity (Wildman–Crippen MR) is 121 cm³/mol. The third-order valence-corrected chi connectivity index (χ3v) is 5.87. The van der Waals surface area contributed by atoms with Crippen molar-refractivity contribution in [3.8, 4) is 0 Å². The lowest BCUT2D eigenvalue weighted by atomic mass is 9.92. The minimum atomic E-state index is -4.55. The highest BCUT2D eigenvalue weighted by molar-refractivity contribution is 6.04. The molecule has 0 bridgehead atoms. The lowest BCUT2D eigenvalue weighted by Crippen LogP contribution is -2.21. The molecule has 10 heteroatoms. The molecule has 1 saturated heterocycles. The topological polar surface area (TPSA) is 101 Å². The second-order valence-electron chi connectivity index (χ2n) is 8.21. The number of nitrogens with one attached hydrogen (secondary N) is 1. The van der Waals surface area contributed by atoms with Crippen molar-refractivity contribution < 1.29 is 22.8 Å². The van der Waals surface area contributed by atoms with Gasteiger partial charge in [-0.2, -0.15) is 13.2 Å². The molecule has 0 saturated carbocycles. The summed E-state index contributed by atoms with van der Waals surface area (Å²) in [6, 6.07) is 7.80. The van der Waals surface area contributed by atoms with E-state index in [4.69, 9.17) is 5.73 Å². The summed E-state index contributed by atoms with van der Waals surface area (Å²) in [5, 5.41) is 2.50. The van der Waals surface area contributed by atoms with Crippen LogP contribution in [0.15, 0.2) is 55.1 Å². The highest BCUT2D eigenvalue weighted by atomic mass is 19.4. The summed E-state index contributed by atoms with van der Waals surface area (Å²) in [6.07, 6.45) is 1.25. The van der Waals surface area contributed by atoms with Gasteiger partial charge in [-0.3, -0.25) is 19.6 Å². The normalized spacial score (nSPS) is 15.9. The fourth-order valence-electron chi connectivity index (χ4n) is 4.07. The molecular weight excluding hydrogens is 447 g/mol. The Morgan fingerprint density at radius 3 is 2.56 bits per heavy atom. The molecule has 1 aliphatic rings. The summed E-state index contributed by atoms with van der Waals surface area (Å²) in [6.45, 7) is 3.35. The Morgan fingerprint density at radius 1 is 1.06 bits per heavy atom. The Labute approximate surface area is 193 Å². The van der Waals surface area contributed by atoms with Crippen molar-refractivity contribution in [2.75, 3.05) is 23.3 Å². The molecule has 176 valence electrons. The molecule has 2 amide bonds. The first-order valence-electron chi connectivity index (χ1n) is 10.6. The number of carbonyl (C=O) groups excluding carboxylic acids is 2. The molecule has 2 aromatic heterocycles. The molecule has 7 nitrogen and oxygen atoms in total. The zero-order valence-corrected chi connectivity index (χ0v) is 18.3. The van der Waals surface area contributed by atoms with Gasteiger partial charge < -0.3 is 16.0 Å². The van der Waals surface area contributed by atoms with E-state index in [9.17, 15) is 22.8 Å². The average molecular weight is 469 g/mol. The van der Waals surface area contributed by atoms with Crippen LogP contribution in [0.25, 0.3) is 0 Å². The molecule has 1 aliphatic heterocycles. The van der Waals surface area contributed by atoms with Crippen LogP contribution in [-0.4, -0.2) is 34.9 Å². The van der Waals surface area contributed by atoms with Crippen molar-refractivity contribution in [3.05, 3.63) is 82.9 Å². The Morgan fingerprint density at radius 2 is 1.82 bits per heavy atom. The summed E-state index contributed by atoms with van der Waals surface area (Å²) in [5.41, 5.74) is 7.85. The molecular formula is C24H22F3N5O2. The maximum absolute atomic E-state index is 12.9. The fraction of sp³-hybridized carbons (Fsp3) is 0.250. The van der Waals surface area contributed by atoms with Crippen LogP contribution >= 0.6 is 0 Å². The van der Waals surface area contributed by atoms with Gasteiger partial charge in [-0.15, -0.1) is 0 Å². The molecule has 0 spiro atoms. The van der Waals surface area contributed by atoms with E-state index in [1.54, 1.807) is 24.4 Å². The van der Waals surface area contributed by atoms with Crippen molar-refractivity contribution >= 4 is 23.2 Å². The van der Waals surface area contributed by atoms with Gasteiger partial charge in [-0.25, -0.2) is 0 Å². The van der Waals surface area contributed by atoms with Crippen molar-refractivity contribution in [1.29, 1.82) is 0 Å². The van der Waals surface area contributed by atoms with Gasteiger partial charge in [0.15, 0.2) is 0 Å². The first-order chi connectivity index (χ1) is 16.1. The van der Waals surface area contributed by atoms with Crippen LogP contribution in [0.2, 0.25) is 0 Å². The van der Waals surface area contributed by atoms with Gasteiger partial charge in [-0.05, 0) is 48.7 Å². The third-order valence-electron chi connectivity index (χ3n) is 5.87. The Balaban J connectivity index is 1.51. The zero-order chi connectivity index (χ0) is 24.5. The number of primary amides is 1. The van der Waals surface area contributed by atoms with E-state index >= 15 is 0 Å². The average Bonchev–Trinajstić information content (AvgIpc) is 3.29. The van der Waals surface area contributed by atoms with Crippen molar-refractivity contribution in [3.63, 3.8) is 0 Å². The summed E-state index contributed by atoms with van der Waals surface area (Å²) < 4.78 is 38.8. The lowest BCUT2D eigenvalue weighted by molar-refractivity contribution is -0.137. The van der Waals surface area contributed by atoms with Crippen LogP contribution < -0.4 is 16.0 Å². The van der Waals surface area contributed by atoms with Gasteiger partial charge in [0.2, 0.25) is 5.91 Å². The molecule has 1 fully saturated rings. The van der Waals surface area contributed by atoms with E-state index in [1.807, 2.05) is 13.0 Å². The second-order valence-corrected chi connectivity index (χ2v) is 8.21. The summed E-state index contributed by atoms with van der Waals surface area (Å²) in [4.78, 5) is 34.0. The number of hydrogen-bond donors (Lipinski definition) is 2. The number of alkyl halides is 3. The van der Waals surface area contributed by atoms with E-state index in [2.05, 4.69) is 20.2 Å². The van der Waals surface area contributed by atoms with Crippen LogP contribution in [0, 0.1) is 6.92 Å². The molecule has 3 heterocycles. The maximum atomic E-state index is 12.9. The van der Waals surface area contributed by atoms with Crippen LogP contribution in [0.1, 0.15) is 49.7 Å². The highest BCUT2D eigenvalue weighted by Crippen LogP contribution is 2.33. The molecule has 3 N–H and O–H groups in total. The molecule has 1 aromatic carbocycles. The molecule has 1 atom stereocenters. The van der Waals surface area contributed by atoms with Crippen LogP contribution in [0.3, 0.4) is 0 Å². The second kappa shape index (κ2) is 9.12. The molecule has 0 radical (unpaired) electrons. The van der Waals surface area contributed by atoms with Gasteiger partial charge >= 0.3 is 6.18 Å². The minimum absolute atomic E-state index is 0.0316. The van der Waals surface area contributed by atoms with E-state index in [1.165, 1.54) is 12.4 Å². The predicted octanol–water partition coefficient (Wildman–Crippen LogP) is 4.15. The van der Waals surface area contributed by atoms with E-state index in [0.717, 1.165) is 35.8 Å². The van der Waals surface area contributed by atoms with Gasteiger partial charge in [0, 0.05) is 37.0 Å². The number of aromatic nitrogens is 2. The van der Waals surface area contributed by atoms with Crippen LogP contribution in [-0.2, 0) is 6.18 Å². The van der Waals surface area contributed by atoms with E-state index in [0.29, 0.717) is 23.9 Å². The summed E-state index contributed by atoms with van der Waals surface area (Å²) >= 11 is 0. The summed E-state index contributed by atoms with van der Waals surface area (Å²) in [5.74, 6) is -0.938. The van der Waals surface area contributed by atoms with Gasteiger partial charge in [0.25, 0.3) is 5.91 Å². The first-order valence-corrected chi connectivity index (χ1v) is 10.6. The summed E-state index contributed by atoms with van der Waals surface area (Å²) in [7, 11) is 0. The monoisotopic (exact) mass is 469 g/mol. The number of carbonyl (C=O) groups is 2. The molecule has 3 aromatic rings. The number of rotatable bonds is 5. The Kier molecular flexibility index (Phi) is 6.23. The number of benzene rings is 1. The lowest BCUT2D eigenvalue weighted by Gasteiger charge is -2.20. The molecule has 34 heavy (non-hydrogen) atoms. The number of aryl methyl sites for hydroxylation is 1. The van der Waals surface area contributed by atoms with Crippen molar-refractivity contribution in [1.82, 2.24) is 9.97 Å². The number of nitrogens with zero attached hydrogens (tertiary/aromatic N) is 3. The Hall–Kier alpha value is -3.95. The van der Waals surface area contributed by atoms with Crippen molar-refractivity contribution in [2.24, 2.45) is 5.73 Å². The number of nitrogens with two attached hydrogens (primary N) is 1. The number of pyridine rings is 2. The highest BCUT2D eigenvalue weighted by Gasteiger charge is 2.31. The first kappa shape index (κ1) is 23.2. The van der Waals surface area contributed by atoms with E-state index < -0.39 is 23.6 Å². The molecule has 0 aliphatic carbocycles. The zero-order valence-electron chi connectivity index (χ0n) is 18.3.